The molecular weight excluding hydrogens is 504 g/mol. The van der Waals surface area contributed by atoms with Gasteiger partial charge in [-0.25, -0.2) is 0 Å². The summed E-state index contributed by atoms with van der Waals surface area (Å²) < 4.78 is 22.5. The fourth-order valence-electron chi connectivity index (χ4n) is 4.91. The molecule has 2 amide bonds. The smallest absolute Gasteiger partial charge is 0.254 e. The normalized spacial score (nSPS) is 15.8. The zero-order valence-electron chi connectivity index (χ0n) is 21.8. The number of para-hydroxylation sites is 2. The summed E-state index contributed by atoms with van der Waals surface area (Å²) in [4.78, 5) is 32.1. The van der Waals surface area contributed by atoms with Crippen molar-refractivity contribution in [2.75, 3.05) is 40.1 Å². The maximum atomic E-state index is 13.8. The minimum absolute atomic E-state index is 0.0178. The molecule has 0 saturated heterocycles. The van der Waals surface area contributed by atoms with Crippen molar-refractivity contribution in [2.24, 2.45) is 5.92 Å². The molecular formula is C29H32N2O6S. The van der Waals surface area contributed by atoms with Gasteiger partial charge in [-0.2, -0.15) is 0 Å². The molecule has 9 heteroatoms. The van der Waals surface area contributed by atoms with E-state index in [2.05, 4.69) is 11.4 Å². The second kappa shape index (κ2) is 11.3. The first-order valence-electron chi connectivity index (χ1n) is 12.7. The summed E-state index contributed by atoms with van der Waals surface area (Å²) >= 11 is 1.70. The summed E-state index contributed by atoms with van der Waals surface area (Å²) in [6.07, 6.45) is 0.782. The SMILES string of the molecule is COc1ccccc1OC[C@@H]1c2ccsc2CCN1C(=O)CN(CC(C)C)C(=O)c1ccc2c(c1)OCO2. The molecule has 0 bridgehead atoms. The molecule has 2 aliphatic rings. The fourth-order valence-corrected chi connectivity index (χ4v) is 5.84. The van der Waals surface area contributed by atoms with Crippen LogP contribution < -0.4 is 18.9 Å². The largest absolute Gasteiger partial charge is 0.493 e. The van der Waals surface area contributed by atoms with Gasteiger partial charge in [0, 0.05) is 23.5 Å². The molecule has 1 atom stereocenters. The molecule has 8 nitrogen and oxygen atoms in total. The maximum absolute atomic E-state index is 13.8. The number of rotatable bonds is 9. The van der Waals surface area contributed by atoms with Crippen molar-refractivity contribution in [3.05, 3.63) is 69.9 Å². The van der Waals surface area contributed by atoms with E-state index < -0.39 is 0 Å². The maximum Gasteiger partial charge on any atom is 0.254 e. The average molecular weight is 537 g/mol. The van der Waals surface area contributed by atoms with E-state index in [1.54, 1.807) is 41.5 Å². The first-order chi connectivity index (χ1) is 18.4. The zero-order valence-corrected chi connectivity index (χ0v) is 22.7. The minimum Gasteiger partial charge on any atom is -0.493 e. The fraction of sp³-hybridized carbons (Fsp3) is 0.379. The molecule has 38 heavy (non-hydrogen) atoms. The number of hydrogen-bond acceptors (Lipinski definition) is 7. The van der Waals surface area contributed by atoms with Gasteiger partial charge < -0.3 is 28.7 Å². The van der Waals surface area contributed by atoms with Crippen LogP contribution in [-0.4, -0.2) is 61.8 Å². The highest BCUT2D eigenvalue weighted by atomic mass is 32.1. The molecule has 200 valence electrons. The van der Waals surface area contributed by atoms with Gasteiger partial charge in [0.1, 0.15) is 13.2 Å². The first-order valence-corrected chi connectivity index (χ1v) is 13.6. The first kappa shape index (κ1) is 25.9. The van der Waals surface area contributed by atoms with Gasteiger partial charge >= 0.3 is 0 Å². The van der Waals surface area contributed by atoms with Gasteiger partial charge in [0.05, 0.1) is 13.2 Å². The summed E-state index contributed by atoms with van der Waals surface area (Å²) in [7, 11) is 1.61. The second-order valence-electron chi connectivity index (χ2n) is 9.76. The number of methoxy groups -OCH3 is 1. The van der Waals surface area contributed by atoms with Gasteiger partial charge in [-0.1, -0.05) is 26.0 Å². The lowest BCUT2D eigenvalue weighted by Gasteiger charge is -2.37. The lowest BCUT2D eigenvalue weighted by Crippen LogP contribution is -2.48. The number of benzene rings is 2. The Balaban J connectivity index is 1.35. The van der Waals surface area contributed by atoms with Crippen molar-refractivity contribution in [3.63, 3.8) is 0 Å². The molecule has 0 aliphatic carbocycles. The van der Waals surface area contributed by atoms with E-state index in [1.165, 1.54) is 4.88 Å². The van der Waals surface area contributed by atoms with Crippen LogP contribution in [0.2, 0.25) is 0 Å². The highest BCUT2D eigenvalue weighted by Gasteiger charge is 2.34. The molecule has 0 saturated carbocycles. The molecule has 3 aromatic rings. The third-order valence-electron chi connectivity index (χ3n) is 6.70. The number of carbonyl (C=O) groups is 2. The van der Waals surface area contributed by atoms with Crippen LogP contribution in [0.15, 0.2) is 53.9 Å². The number of hydrogen-bond donors (Lipinski definition) is 0. The van der Waals surface area contributed by atoms with Crippen molar-refractivity contribution >= 4 is 23.2 Å². The van der Waals surface area contributed by atoms with Crippen LogP contribution in [-0.2, 0) is 11.2 Å². The predicted molar refractivity (Wildman–Crippen MR) is 144 cm³/mol. The van der Waals surface area contributed by atoms with E-state index in [9.17, 15) is 9.59 Å². The van der Waals surface area contributed by atoms with Crippen molar-refractivity contribution in [1.82, 2.24) is 9.80 Å². The Morgan fingerprint density at radius 1 is 1.11 bits per heavy atom. The lowest BCUT2D eigenvalue weighted by molar-refractivity contribution is -0.135. The van der Waals surface area contributed by atoms with Crippen LogP contribution in [0.5, 0.6) is 23.0 Å². The van der Waals surface area contributed by atoms with Crippen molar-refractivity contribution < 1.29 is 28.5 Å². The molecule has 2 aliphatic heterocycles. The Morgan fingerprint density at radius 2 is 1.89 bits per heavy atom. The van der Waals surface area contributed by atoms with Gasteiger partial charge in [0.25, 0.3) is 5.91 Å². The molecule has 0 radical (unpaired) electrons. The highest BCUT2D eigenvalue weighted by molar-refractivity contribution is 7.10. The van der Waals surface area contributed by atoms with Crippen LogP contribution in [0.1, 0.15) is 40.7 Å². The summed E-state index contributed by atoms with van der Waals surface area (Å²) in [5, 5.41) is 2.06. The lowest BCUT2D eigenvalue weighted by atomic mass is 10.00. The number of carbonyl (C=O) groups excluding carboxylic acids is 2. The van der Waals surface area contributed by atoms with Crippen LogP contribution in [0.3, 0.4) is 0 Å². The Morgan fingerprint density at radius 3 is 2.68 bits per heavy atom. The second-order valence-corrected chi connectivity index (χ2v) is 10.8. The Kier molecular flexibility index (Phi) is 7.74. The van der Waals surface area contributed by atoms with E-state index in [0.29, 0.717) is 41.7 Å². The van der Waals surface area contributed by atoms with E-state index in [-0.39, 0.29) is 43.7 Å². The summed E-state index contributed by atoms with van der Waals surface area (Å²) in [6, 6.07) is 14.4. The van der Waals surface area contributed by atoms with E-state index in [4.69, 9.17) is 18.9 Å². The summed E-state index contributed by atoms with van der Waals surface area (Å²) in [6.45, 7) is 5.50. The summed E-state index contributed by atoms with van der Waals surface area (Å²) in [5.41, 5.74) is 1.57. The van der Waals surface area contributed by atoms with Crippen LogP contribution in [0, 0.1) is 5.92 Å². The van der Waals surface area contributed by atoms with Crippen molar-refractivity contribution in [1.29, 1.82) is 0 Å². The van der Waals surface area contributed by atoms with Crippen LogP contribution >= 0.6 is 11.3 Å². The molecule has 2 aromatic carbocycles. The summed E-state index contributed by atoms with van der Waals surface area (Å²) in [5.74, 6) is 2.31. The number of nitrogens with zero attached hydrogens (tertiary/aromatic N) is 2. The Labute approximate surface area is 226 Å². The third kappa shape index (κ3) is 5.43. The number of fused-ring (bicyclic) bond motifs is 2. The zero-order chi connectivity index (χ0) is 26.6. The number of ether oxygens (including phenoxy) is 4. The van der Waals surface area contributed by atoms with E-state index in [0.717, 1.165) is 12.0 Å². The van der Waals surface area contributed by atoms with Gasteiger partial charge in [0.15, 0.2) is 23.0 Å². The quantitative estimate of drug-likeness (QED) is 0.392. The molecule has 0 spiro atoms. The van der Waals surface area contributed by atoms with E-state index >= 15 is 0 Å². The van der Waals surface area contributed by atoms with Crippen LogP contribution in [0.25, 0.3) is 0 Å². The van der Waals surface area contributed by atoms with Crippen LogP contribution in [0.4, 0.5) is 0 Å². The van der Waals surface area contributed by atoms with Gasteiger partial charge in [-0.05, 0) is 59.7 Å². The van der Waals surface area contributed by atoms with Gasteiger partial charge in [-0.15, -0.1) is 11.3 Å². The number of amides is 2. The van der Waals surface area contributed by atoms with Gasteiger partial charge in [-0.3, -0.25) is 9.59 Å². The Hall–Kier alpha value is -3.72. The van der Waals surface area contributed by atoms with E-state index in [1.807, 2.05) is 43.0 Å². The molecule has 0 unspecified atom stereocenters. The average Bonchev–Trinajstić information content (AvgIpc) is 3.60. The minimum atomic E-state index is -0.260. The highest BCUT2D eigenvalue weighted by Crippen LogP contribution is 2.36. The molecule has 1 aromatic heterocycles. The van der Waals surface area contributed by atoms with Crippen molar-refractivity contribution in [2.45, 2.75) is 26.3 Å². The number of thiophene rings is 1. The molecule has 3 heterocycles. The standard InChI is InChI=1S/C29H32N2O6S/c1-19(2)15-30(29(33)20-8-9-25-26(14-20)37-18-36-25)16-28(32)31-12-10-27-21(11-13-38-27)22(31)17-35-24-7-5-4-6-23(24)34-3/h4-9,11,13-14,19,22H,10,12,15-18H2,1-3H3/t22-/m1/s1. The third-order valence-corrected chi connectivity index (χ3v) is 7.70. The molecule has 5 rings (SSSR count). The molecule has 0 fully saturated rings. The predicted octanol–water partition coefficient (Wildman–Crippen LogP) is 4.79. The Bertz CT molecular complexity index is 1310. The topological polar surface area (TPSA) is 77.5 Å². The van der Waals surface area contributed by atoms with Gasteiger partial charge in [0.2, 0.25) is 12.7 Å². The monoisotopic (exact) mass is 536 g/mol. The molecule has 0 N–H and O–H groups in total. The van der Waals surface area contributed by atoms with Crippen molar-refractivity contribution in [3.8, 4) is 23.0 Å².